The molecule has 2 rings (SSSR count). The number of aryl methyl sites for hydroxylation is 1. The van der Waals surface area contributed by atoms with E-state index in [9.17, 15) is 0 Å². The second-order valence-corrected chi connectivity index (χ2v) is 3.82. The summed E-state index contributed by atoms with van der Waals surface area (Å²) in [6, 6.07) is 3.52. The van der Waals surface area contributed by atoms with Gasteiger partial charge in [-0.3, -0.25) is 0 Å². The van der Waals surface area contributed by atoms with Crippen molar-refractivity contribution in [2.75, 3.05) is 5.32 Å². The van der Waals surface area contributed by atoms with Crippen LogP contribution in [-0.2, 0) is 6.54 Å². The molecule has 0 saturated heterocycles. The molecule has 88 valence electrons. The molecule has 7 heteroatoms. The standard InChI is InChI=1S/C10H11N5OS/c1-6-14-9(16-15-6)5-13-8-4-7(10(11)17)2-3-12-8/h2-4H,5H2,1H3,(H2,11,17)(H,12,13). The first kappa shape index (κ1) is 11.5. The maximum atomic E-state index is 5.53. The van der Waals surface area contributed by atoms with E-state index < -0.39 is 0 Å². The Hall–Kier alpha value is -2.02. The van der Waals surface area contributed by atoms with Gasteiger partial charge in [0, 0.05) is 11.8 Å². The van der Waals surface area contributed by atoms with E-state index in [0.717, 1.165) is 5.56 Å². The predicted octanol–water partition coefficient (Wildman–Crippen LogP) is 1.02. The van der Waals surface area contributed by atoms with Crippen molar-refractivity contribution in [2.24, 2.45) is 5.73 Å². The molecule has 0 amide bonds. The second kappa shape index (κ2) is 4.88. The molecule has 17 heavy (non-hydrogen) atoms. The molecule has 2 aromatic heterocycles. The average molecular weight is 249 g/mol. The Morgan fingerprint density at radius 1 is 1.59 bits per heavy atom. The van der Waals surface area contributed by atoms with Gasteiger partial charge in [-0.1, -0.05) is 17.4 Å². The van der Waals surface area contributed by atoms with Crippen LogP contribution in [0.15, 0.2) is 22.9 Å². The molecular weight excluding hydrogens is 238 g/mol. The van der Waals surface area contributed by atoms with Gasteiger partial charge in [-0.25, -0.2) is 4.98 Å². The fraction of sp³-hybridized carbons (Fsp3) is 0.200. The van der Waals surface area contributed by atoms with E-state index in [2.05, 4.69) is 20.4 Å². The number of nitrogens with one attached hydrogen (secondary N) is 1. The monoisotopic (exact) mass is 249 g/mol. The maximum Gasteiger partial charge on any atom is 0.245 e. The van der Waals surface area contributed by atoms with E-state index in [1.807, 2.05) is 0 Å². The van der Waals surface area contributed by atoms with Crippen LogP contribution >= 0.6 is 12.2 Å². The van der Waals surface area contributed by atoms with Crippen molar-refractivity contribution in [3.05, 3.63) is 35.6 Å². The molecule has 0 unspecified atom stereocenters. The molecule has 2 aromatic rings. The van der Waals surface area contributed by atoms with Crippen molar-refractivity contribution in [1.29, 1.82) is 0 Å². The minimum absolute atomic E-state index is 0.337. The van der Waals surface area contributed by atoms with Gasteiger partial charge in [0.2, 0.25) is 5.89 Å². The summed E-state index contributed by atoms with van der Waals surface area (Å²) in [5.41, 5.74) is 6.29. The summed E-state index contributed by atoms with van der Waals surface area (Å²) < 4.78 is 4.96. The summed E-state index contributed by atoms with van der Waals surface area (Å²) in [5.74, 6) is 1.77. The Kier molecular flexibility index (Phi) is 3.29. The highest BCUT2D eigenvalue weighted by atomic mass is 32.1. The van der Waals surface area contributed by atoms with Crippen molar-refractivity contribution in [3.8, 4) is 0 Å². The fourth-order valence-electron chi connectivity index (χ4n) is 1.26. The maximum absolute atomic E-state index is 5.53. The first-order valence-corrected chi connectivity index (χ1v) is 5.35. The van der Waals surface area contributed by atoms with Crippen LogP contribution in [-0.4, -0.2) is 20.1 Å². The van der Waals surface area contributed by atoms with E-state index >= 15 is 0 Å². The summed E-state index contributed by atoms with van der Waals surface area (Å²) >= 11 is 4.88. The summed E-state index contributed by atoms with van der Waals surface area (Å²) in [7, 11) is 0. The van der Waals surface area contributed by atoms with Crippen molar-refractivity contribution >= 4 is 23.0 Å². The van der Waals surface area contributed by atoms with Crippen molar-refractivity contribution in [2.45, 2.75) is 13.5 Å². The Bertz CT molecular complexity index is 539. The van der Waals surface area contributed by atoms with Crippen molar-refractivity contribution < 1.29 is 4.52 Å². The summed E-state index contributed by atoms with van der Waals surface area (Å²) in [6.07, 6.45) is 1.63. The van der Waals surface area contributed by atoms with Gasteiger partial charge in [0.1, 0.15) is 10.8 Å². The lowest BCUT2D eigenvalue weighted by molar-refractivity contribution is 0.379. The number of rotatable bonds is 4. The van der Waals surface area contributed by atoms with Gasteiger partial charge in [0.05, 0.1) is 6.54 Å². The zero-order valence-electron chi connectivity index (χ0n) is 9.17. The normalized spacial score (nSPS) is 10.2. The average Bonchev–Trinajstić information content (AvgIpc) is 2.73. The quantitative estimate of drug-likeness (QED) is 0.782. The van der Waals surface area contributed by atoms with Gasteiger partial charge in [-0.2, -0.15) is 4.98 Å². The molecule has 0 spiro atoms. The molecule has 0 aromatic carbocycles. The van der Waals surface area contributed by atoms with Crippen LogP contribution in [0.1, 0.15) is 17.3 Å². The number of hydrogen-bond donors (Lipinski definition) is 2. The smallest absolute Gasteiger partial charge is 0.245 e. The number of nitrogens with zero attached hydrogens (tertiary/aromatic N) is 3. The number of anilines is 1. The molecule has 0 aliphatic carbocycles. The topological polar surface area (TPSA) is 89.9 Å². The van der Waals surface area contributed by atoms with Crippen LogP contribution in [0, 0.1) is 6.92 Å². The van der Waals surface area contributed by atoms with Crippen molar-refractivity contribution in [3.63, 3.8) is 0 Å². The molecule has 3 N–H and O–H groups in total. The minimum Gasteiger partial charge on any atom is -0.389 e. The Morgan fingerprint density at radius 2 is 2.41 bits per heavy atom. The highest BCUT2D eigenvalue weighted by molar-refractivity contribution is 7.80. The molecule has 6 nitrogen and oxygen atoms in total. The summed E-state index contributed by atoms with van der Waals surface area (Å²) in [5, 5.41) is 6.73. The number of pyridine rings is 1. The molecule has 0 atom stereocenters. The van der Waals surface area contributed by atoms with Gasteiger partial charge in [-0.05, 0) is 19.1 Å². The lowest BCUT2D eigenvalue weighted by atomic mass is 10.2. The summed E-state index contributed by atoms with van der Waals surface area (Å²) in [4.78, 5) is 8.53. The first-order chi connectivity index (χ1) is 8.15. The number of aromatic nitrogens is 3. The molecule has 0 aliphatic heterocycles. The number of thiocarbonyl (C=S) groups is 1. The molecular formula is C10H11N5OS. The fourth-order valence-corrected chi connectivity index (χ4v) is 1.39. The number of hydrogen-bond acceptors (Lipinski definition) is 6. The minimum atomic E-state index is 0.337. The third kappa shape index (κ3) is 2.97. The SMILES string of the molecule is Cc1noc(CNc2cc(C(N)=S)ccn2)n1. The van der Waals surface area contributed by atoms with E-state index in [1.165, 1.54) is 0 Å². The Balaban J connectivity index is 2.04. The second-order valence-electron chi connectivity index (χ2n) is 3.38. The van der Waals surface area contributed by atoms with Gasteiger partial charge in [0.25, 0.3) is 0 Å². The van der Waals surface area contributed by atoms with Crippen LogP contribution < -0.4 is 11.1 Å². The van der Waals surface area contributed by atoms with Crippen LogP contribution in [0.3, 0.4) is 0 Å². The largest absolute Gasteiger partial charge is 0.389 e. The lowest BCUT2D eigenvalue weighted by Crippen LogP contribution is -2.10. The highest BCUT2D eigenvalue weighted by Crippen LogP contribution is 2.08. The summed E-state index contributed by atoms with van der Waals surface area (Å²) in [6.45, 7) is 2.17. The Morgan fingerprint density at radius 3 is 3.06 bits per heavy atom. The molecule has 0 saturated carbocycles. The molecule has 0 radical (unpaired) electrons. The van der Waals surface area contributed by atoms with Crippen molar-refractivity contribution in [1.82, 2.24) is 15.1 Å². The zero-order chi connectivity index (χ0) is 12.3. The van der Waals surface area contributed by atoms with E-state index in [1.54, 1.807) is 25.3 Å². The third-order valence-corrected chi connectivity index (χ3v) is 2.27. The van der Waals surface area contributed by atoms with Crippen LogP contribution in [0.4, 0.5) is 5.82 Å². The molecule has 0 bridgehead atoms. The third-order valence-electron chi connectivity index (χ3n) is 2.03. The highest BCUT2D eigenvalue weighted by Gasteiger charge is 2.03. The van der Waals surface area contributed by atoms with Gasteiger partial charge in [-0.15, -0.1) is 0 Å². The number of nitrogens with two attached hydrogens (primary N) is 1. The zero-order valence-corrected chi connectivity index (χ0v) is 9.99. The van der Waals surface area contributed by atoms with Gasteiger partial charge < -0.3 is 15.6 Å². The molecule has 0 aliphatic rings. The van der Waals surface area contributed by atoms with E-state index in [4.69, 9.17) is 22.5 Å². The van der Waals surface area contributed by atoms with Gasteiger partial charge >= 0.3 is 0 Å². The van der Waals surface area contributed by atoms with Crippen LogP contribution in [0.5, 0.6) is 0 Å². The molecule has 2 heterocycles. The lowest BCUT2D eigenvalue weighted by Gasteiger charge is -2.04. The van der Waals surface area contributed by atoms with E-state index in [0.29, 0.717) is 29.1 Å². The van der Waals surface area contributed by atoms with Crippen LogP contribution in [0.2, 0.25) is 0 Å². The first-order valence-electron chi connectivity index (χ1n) is 4.94. The predicted molar refractivity (Wildman–Crippen MR) is 66.5 cm³/mol. The molecule has 0 fully saturated rings. The van der Waals surface area contributed by atoms with Crippen LogP contribution in [0.25, 0.3) is 0 Å². The Labute approximate surface area is 103 Å². The van der Waals surface area contributed by atoms with Gasteiger partial charge in [0.15, 0.2) is 5.82 Å². The van der Waals surface area contributed by atoms with E-state index in [-0.39, 0.29) is 0 Å².